The lowest BCUT2D eigenvalue weighted by molar-refractivity contribution is -0.384. The molecule has 2 aromatic rings. The Hall–Kier alpha value is -3.37. The van der Waals surface area contributed by atoms with Gasteiger partial charge in [-0.2, -0.15) is 13.2 Å². The van der Waals surface area contributed by atoms with Gasteiger partial charge in [-0.1, -0.05) is 12.1 Å². The van der Waals surface area contributed by atoms with Crippen LogP contribution in [0, 0.1) is 10.1 Å². The number of esters is 2. The number of rotatable bonds is 4. The molecular formula is C15H10F3NO7. The van der Waals surface area contributed by atoms with E-state index in [0.717, 1.165) is 26.4 Å². The van der Waals surface area contributed by atoms with Gasteiger partial charge >= 0.3 is 18.1 Å². The zero-order valence-electron chi connectivity index (χ0n) is 13.2. The van der Waals surface area contributed by atoms with Gasteiger partial charge in [-0.05, 0) is 0 Å². The lowest BCUT2D eigenvalue weighted by Crippen LogP contribution is -2.16. The molecule has 0 aliphatic rings. The summed E-state index contributed by atoms with van der Waals surface area (Å²) in [4.78, 5) is 34.0. The van der Waals surface area contributed by atoms with E-state index in [1.54, 1.807) is 0 Å². The van der Waals surface area contributed by atoms with Crippen LogP contribution in [-0.2, 0) is 15.7 Å². The van der Waals surface area contributed by atoms with Crippen molar-refractivity contribution >= 4 is 17.6 Å². The molecule has 2 rings (SSSR count). The lowest BCUT2D eigenvalue weighted by atomic mass is 10.0. The van der Waals surface area contributed by atoms with Crippen molar-refractivity contribution in [1.82, 2.24) is 0 Å². The first-order chi connectivity index (χ1) is 12.1. The molecule has 0 unspecified atom stereocenters. The summed E-state index contributed by atoms with van der Waals surface area (Å²) in [5.74, 6) is -5.25. The number of carbonyl (C=O) groups excluding carboxylic acids is 2. The van der Waals surface area contributed by atoms with Gasteiger partial charge in [0.25, 0.3) is 5.69 Å². The number of ether oxygens (including phenoxy) is 2. The van der Waals surface area contributed by atoms with Gasteiger partial charge in [0.2, 0.25) is 5.76 Å². The quantitative estimate of drug-likeness (QED) is 0.459. The van der Waals surface area contributed by atoms with Crippen LogP contribution in [0.4, 0.5) is 18.9 Å². The van der Waals surface area contributed by atoms with Crippen molar-refractivity contribution in [1.29, 1.82) is 0 Å². The topological polar surface area (TPSA) is 109 Å². The van der Waals surface area contributed by atoms with E-state index in [-0.39, 0.29) is 5.56 Å². The van der Waals surface area contributed by atoms with Gasteiger partial charge in [0.05, 0.1) is 19.1 Å². The monoisotopic (exact) mass is 373 g/mol. The van der Waals surface area contributed by atoms with Crippen LogP contribution < -0.4 is 0 Å². The van der Waals surface area contributed by atoms with Gasteiger partial charge in [-0.15, -0.1) is 0 Å². The molecule has 0 spiro atoms. The fourth-order valence-corrected chi connectivity index (χ4v) is 2.19. The second-order valence-corrected chi connectivity index (χ2v) is 4.80. The highest BCUT2D eigenvalue weighted by Gasteiger charge is 2.45. The van der Waals surface area contributed by atoms with E-state index in [0.29, 0.717) is 0 Å². The normalized spacial score (nSPS) is 11.1. The van der Waals surface area contributed by atoms with Crippen LogP contribution in [0.3, 0.4) is 0 Å². The van der Waals surface area contributed by atoms with Crippen molar-refractivity contribution in [2.75, 3.05) is 14.2 Å². The fraction of sp³-hybridized carbons (Fsp3) is 0.200. The molecule has 0 aliphatic carbocycles. The highest BCUT2D eigenvalue weighted by atomic mass is 19.4. The average molecular weight is 373 g/mol. The third-order valence-corrected chi connectivity index (χ3v) is 3.26. The molecule has 0 amide bonds. The second kappa shape index (κ2) is 6.86. The Balaban J connectivity index is 2.87. The predicted molar refractivity (Wildman–Crippen MR) is 78.5 cm³/mol. The molecule has 1 heterocycles. The highest BCUT2D eigenvalue weighted by molar-refractivity contribution is 6.08. The molecule has 0 saturated carbocycles. The van der Waals surface area contributed by atoms with Crippen molar-refractivity contribution in [2.45, 2.75) is 6.18 Å². The van der Waals surface area contributed by atoms with Gasteiger partial charge in [-0.25, -0.2) is 9.59 Å². The summed E-state index contributed by atoms with van der Waals surface area (Å²) in [6, 6.07) is 4.35. The van der Waals surface area contributed by atoms with Gasteiger partial charge in [-0.3, -0.25) is 10.1 Å². The number of halogens is 3. The third kappa shape index (κ3) is 3.36. The van der Waals surface area contributed by atoms with Gasteiger partial charge in [0, 0.05) is 17.7 Å². The number of alkyl halides is 3. The lowest BCUT2D eigenvalue weighted by Gasteiger charge is -2.05. The molecule has 0 bridgehead atoms. The predicted octanol–water partition coefficient (Wildman–Crippen LogP) is 3.45. The summed E-state index contributed by atoms with van der Waals surface area (Å²) in [6.07, 6.45) is -5.13. The van der Waals surface area contributed by atoms with Crippen molar-refractivity contribution in [3.05, 3.63) is 51.3 Å². The maximum Gasteiger partial charge on any atom is 0.450 e. The van der Waals surface area contributed by atoms with Crippen molar-refractivity contribution in [2.24, 2.45) is 0 Å². The standard InChI is InChI=1S/C15H10F3NO7/c1-24-13(20)9-10(14(21)25-2)12(15(16,17)18)26-11(9)7-4-3-5-8(6-7)19(22)23/h3-6H,1-2H3. The first kappa shape index (κ1) is 19.0. The van der Waals surface area contributed by atoms with Gasteiger partial charge in [0.1, 0.15) is 11.1 Å². The molecule has 11 heteroatoms. The number of nitro groups is 1. The van der Waals surface area contributed by atoms with Crippen LogP contribution >= 0.6 is 0 Å². The molecule has 0 radical (unpaired) electrons. The Morgan fingerprint density at radius 3 is 2.19 bits per heavy atom. The van der Waals surface area contributed by atoms with Crippen LogP contribution in [0.5, 0.6) is 0 Å². The molecule has 1 aromatic carbocycles. The first-order valence-corrected chi connectivity index (χ1v) is 6.77. The molecule has 138 valence electrons. The number of methoxy groups -OCH3 is 2. The second-order valence-electron chi connectivity index (χ2n) is 4.80. The van der Waals surface area contributed by atoms with E-state index in [2.05, 4.69) is 9.47 Å². The van der Waals surface area contributed by atoms with Crippen LogP contribution in [0.15, 0.2) is 28.7 Å². The largest absolute Gasteiger partial charge is 0.465 e. The molecule has 26 heavy (non-hydrogen) atoms. The number of carbonyl (C=O) groups is 2. The van der Waals surface area contributed by atoms with E-state index in [9.17, 15) is 32.9 Å². The van der Waals surface area contributed by atoms with E-state index in [4.69, 9.17) is 4.42 Å². The molecular weight excluding hydrogens is 363 g/mol. The zero-order valence-corrected chi connectivity index (χ0v) is 13.2. The Labute approximate surface area is 143 Å². The molecule has 0 aliphatic heterocycles. The number of benzene rings is 1. The summed E-state index contributed by atoms with van der Waals surface area (Å²) in [7, 11) is 1.71. The first-order valence-electron chi connectivity index (χ1n) is 6.77. The minimum absolute atomic E-state index is 0.222. The Bertz CT molecular complexity index is 886. The summed E-state index contributed by atoms with van der Waals surface area (Å²) in [5.41, 5.74) is -2.69. The maximum atomic E-state index is 13.3. The van der Waals surface area contributed by atoms with Gasteiger partial charge < -0.3 is 13.9 Å². The van der Waals surface area contributed by atoms with Crippen LogP contribution in [-0.4, -0.2) is 31.1 Å². The summed E-state index contributed by atoms with van der Waals surface area (Å²) in [5, 5.41) is 10.9. The Kier molecular flexibility index (Phi) is 5.00. The number of hydrogen-bond acceptors (Lipinski definition) is 7. The average Bonchev–Trinajstić information content (AvgIpc) is 3.01. The Morgan fingerprint density at radius 1 is 1.12 bits per heavy atom. The molecule has 0 atom stereocenters. The minimum atomic E-state index is -5.13. The molecule has 0 N–H and O–H groups in total. The maximum absolute atomic E-state index is 13.3. The molecule has 1 aromatic heterocycles. The Morgan fingerprint density at radius 2 is 1.69 bits per heavy atom. The van der Waals surface area contributed by atoms with Crippen molar-refractivity contribution < 1.29 is 41.6 Å². The van der Waals surface area contributed by atoms with E-state index < -0.39 is 51.4 Å². The number of nitro benzene ring substituents is 1. The smallest absolute Gasteiger partial charge is 0.450 e. The minimum Gasteiger partial charge on any atom is -0.465 e. The van der Waals surface area contributed by atoms with Gasteiger partial charge in [0.15, 0.2) is 5.76 Å². The van der Waals surface area contributed by atoms with Crippen molar-refractivity contribution in [3.8, 4) is 11.3 Å². The number of non-ortho nitro benzene ring substituents is 1. The summed E-state index contributed by atoms with van der Waals surface area (Å²) >= 11 is 0. The zero-order chi connectivity index (χ0) is 19.6. The van der Waals surface area contributed by atoms with Crippen LogP contribution in [0.2, 0.25) is 0 Å². The third-order valence-electron chi connectivity index (χ3n) is 3.26. The summed E-state index contributed by atoms with van der Waals surface area (Å²) < 4.78 is 53.3. The van der Waals surface area contributed by atoms with Crippen LogP contribution in [0.1, 0.15) is 26.5 Å². The molecule has 0 fully saturated rings. The van der Waals surface area contributed by atoms with E-state index in [1.807, 2.05) is 0 Å². The highest BCUT2D eigenvalue weighted by Crippen LogP contribution is 2.41. The number of nitrogens with zero attached hydrogens (tertiary/aromatic N) is 1. The van der Waals surface area contributed by atoms with Crippen molar-refractivity contribution in [3.63, 3.8) is 0 Å². The van der Waals surface area contributed by atoms with E-state index in [1.165, 1.54) is 12.1 Å². The molecule has 8 nitrogen and oxygen atoms in total. The molecule has 0 saturated heterocycles. The number of hydrogen-bond donors (Lipinski definition) is 0. The SMILES string of the molecule is COC(=O)c1c(-c2cccc([N+](=O)[O-])c2)oc(C(F)(F)F)c1C(=O)OC. The fourth-order valence-electron chi connectivity index (χ4n) is 2.19. The van der Waals surface area contributed by atoms with E-state index >= 15 is 0 Å². The number of furan rings is 1. The van der Waals surface area contributed by atoms with Crippen LogP contribution in [0.25, 0.3) is 11.3 Å². The summed E-state index contributed by atoms with van der Waals surface area (Å²) in [6.45, 7) is 0.